The number of methoxy groups -OCH3 is 1. The topological polar surface area (TPSA) is 68.3 Å². The number of aromatic nitrogens is 1. The lowest BCUT2D eigenvalue weighted by Crippen LogP contribution is -2.23. The average Bonchev–Trinajstić information content (AvgIpc) is 3.02. The van der Waals surface area contributed by atoms with Crippen LogP contribution in [0.2, 0.25) is 0 Å². The summed E-state index contributed by atoms with van der Waals surface area (Å²) in [5, 5.41) is 0.873. The van der Waals surface area contributed by atoms with Crippen molar-refractivity contribution in [2.45, 2.75) is 18.4 Å². The molecule has 0 aliphatic carbocycles. The Labute approximate surface area is 165 Å². The van der Waals surface area contributed by atoms with Crippen molar-refractivity contribution >= 4 is 37.3 Å². The molecule has 0 spiro atoms. The van der Waals surface area contributed by atoms with Gasteiger partial charge >= 0.3 is 0 Å². The first kappa shape index (κ1) is 19.0. The van der Waals surface area contributed by atoms with Gasteiger partial charge in [0.1, 0.15) is 15.7 Å². The van der Waals surface area contributed by atoms with Crippen LogP contribution in [0.4, 0.5) is 0 Å². The smallest absolute Gasteiger partial charge is 0.244 e. The van der Waals surface area contributed by atoms with Crippen LogP contribution in [-0.4, -0.2) is 20.5 Å². The third kappa shape index (κ3) is 4.15. The van der Waals surface area contributed by atoms with Gasteiger partial charge in [-0.25, -0.2) is 18.1 Å². The van der Waals surface area contributed by atoms with Gasteiger partial charge in [-0.15, -0.1) is 11.3 Å². The molecule has 0 amide bonds. The van der Waals surface area contributed by atoms with Crippen molar-refractivity contribution in [2.24, 2.45) is 0 Å². The van der Waals surface area contributed by atoms with Crippen molar-refractivity contribution < 1.29 is 13.2 Å². The third-order valence-corrected chi connectivity index (χ3v) is 6.87. The minimum absolute atomic E-state index is 0.0971. The number of ether oxygens (including phenoxy) is 1. The van der Waals surface area contributed by atoms with Gasteiger partial charge in [0.2, 0.25) is 10.0 Å². The van der Waals surface area contributed by atoms with Gasteiger partial charge in [0.25, 0.3) is 0 Å². The van der Waals surface area contributed by atoms with E-state index in [1.54, 1.807) is 12.1 Å². The highest BCUT2D eigenvalue weighted by atomic mass is 79.9. The van der Waals surface area contributed by atoms with Crippen LogP contribution < -0.4 is 9.46 Å². The Morgan fingerprint density at radius 2 is 1.92 bits per heavy atom. The van der Waals surface area contributed by atoms with Crippen LogP contribution >= 0.6 is 27.3 Å². The van der Waals surface area contributed by atoms with Gasteiger partial charge in [-0.3, -0.25) is 0 Å². The number of thiazole rings is 1. The molecule has 5 nitrogen and oxygen atoms in total. The molecular weight excluding hydrogens is 436 g/mol. The monoisotopic (exact) mass is 452 g/mol. The number of sulfonamides is 1. The fourth-order valence-corrected chi connectivity index (χ4v) is 5.19. The van der Waals surface area contributed by atoms with Crippen LogP contribution in [0.5, 0.6) is 5.75 Å². The van der Waals surface area contributed by atoms with Crippen molar-refractivity contribution in [3.8, 4) is 16.3 Å². The van der Waals surface area contributed by atoms with E-state index in [4.69, 9.17) is 4.74 Å². The maximum atomic E-state index is 12.7. The fourth-order valence-electron chi connectivity index (χ4n) is 2.40. The van der Waals surface area contributed by atoms with E-state index in [0.717, 1.165) is 21.1 Å². The highest BCUT2D eigenvalue weighted by Gasteiger charge is 2.21. The van der Waals surface area contributed by atoms with E-state index in [1.165, 1.54) is 24.5 Å². The zero-order valence-corrected chi connectivity index (χ0v) is 17.4. The first-order valence-electron chi connectivity index (χ1n) is 7.75. The molecule has 0 unspecified atom stereocenters. The maximum absolute atomic E-state index is 12.7. The van der Waals surface area contributed by atoms with Crippen molar-refractivity contribution in [1.82, 2.24) is 9.71 Å². The van der Waals surface area contributed by atoms with E-state index in [2.05, 4.69) is 25.6 Å². The lowest BCUT2D eigenvalue weighted by molar-refractivity contribution is 0.402. The van der Waals surface area contributed by atoms with E-state index in [0.29, 0.717) is 10.2 Å². The first-order valence-corrected chi connectivity index (χ1v) is 10.8. The van der Waals surface area contributed by atoms with Gasteiger partial charge < -0.3 is 4.74 Å². The molecular formula is C18H17BrN2O3S2. The number of nitrogens with zero attached hydrogens (tertiary/aromatic N) is 1. The van der Waals surface area contributed by atoms with Crippen LogP contribution in [0.1, 0.15) is 10.6 Å². The number of rotatable bonds is 6. The Bertz CT molecular complexity index is 1020. The zero-order valence-electron chi connectivity index (χ0n) is 14.2. The predicted octanol–water partition coefficient (Wildman–Crippen LogP) is 4.37. The third-order valence-electron chi connectivity index (χ3n) is 3.75. The maximum Gasteiger partial charge on any atom is 0.244 e. The number of nitrogens with one attached hydrogen (secondary N) is 1. The van der Waals surface area contributed by atoms with Gasteiger partial charge in [0.15, 0.2) is 0 Å². The van der Waals surface area contributed by atoms with Crippen molar-refractivity contribution in [3.63, 3.8) is 0 Å². The summed E-state index contributed by atoms with van der Waals surface area (Å²) >= 11 is 4.78. The van der Waals surface area contributed by atoms with E-state index in [9.17, 15) is 8.42 Å². The molecule has 1 aromatic heterocycles. The average molecular weight is 453 g/mol. The molecule has 0 bridgehead atoms. The first-order chi connectivity index (χ1) is 12.4. The predicted molar refractivity (Wildman–Crippen MR) is 107 cm³/mol. The summed E-state index contributed by atoms with van der Waals surface area (Å²) < 4.78 is 33.9. The van der Waals surface area contributed by atoms with Crippen LogP contribution in [0, 0.1) is 6.92 Å². The van der Waals surface area contributed by atoms with Crippen LogP contribution in [0.3, 0.4) is 0 Å². The molecule has 0 aliphatic heterocycles. The van der Waals surface area contributed by atoms with Gasteiger partial charge in [-0.1, -0.05) is 46.3 Å². The van der Waals surface area contributed by atoms with E-state index in [1.807, 2.05) is 37.3 Å². The van der Waals surface area contributed by atoms with Gasteiger partial charge in [0.05, 0.1) is 12.8 Å². The summed E-state index contributed by atoms with van der Waals surface area (Å²) in [5.41, 5.74) is 1.83. The summed E-state index contributed by atoms with van der Waals surface area (Å²) in [4.78, 5) is 5.53. The Morgan fingerprint density at radius 1 is 1.19 bits per heavy atom. The molecule has 0 aliphatic rings. The number of hydrogen-bond donors (Lipinski definition) is 1. The Balaban J connectivity index is 1.83. The second kappa shape index (κ2) is 7.87. The molecule has 3 aromatic rings. The van der Waals surface area contributed by atoms with Gasteiger partial charge in [0, 0.05) is 21.5 Å². The van der Waals surface area contributed by atoms with Crippen molar-refractivity contribution in [1.29, 1.82) is 0 Å². The molecule has 1 N–H and O–H groups in total. The van der Waals surface area contributed by atoms with Gasteiger partial charge in [-0.05, 0) is 25.1 Å². The summed E-state index contributed by atoms with van der Waals surface area (Å²) in [6.45, 7) is 2.06. The van der Waals surface area contributed by atoms with Crippen LogP contribution in [0.15, 0.2) is 57.9 Å². The summed E-state index contributed by atoms with van der Waals surface area (Å²) in [6.07, 6.45) is 0. The van der Waals surface area contributed by atoms with Crippen molar-refractivity contribution in [3.05, 3.63) is 63.6 Å². The van der Waals surface area contributed by atoms with E-state index >= 15 is 0 Å². The van der Waals surface area contributed by atoms with E-state index in [-0.39, 0.29) is 11.4 Å². The largest absolute Gasteiger partial charge is 0.495 e. The molecule has 0 radical (unpaired) electrons. The molecule has 2 aromatic carbocycles. The molecule has 1 heterocycles. The number of halogens is 1. The lowest BCUT2D eigenvalue weighted by Gasteiger charge is -2.10. The molecule has 0 saturated heterocycles. The second-order valence-electron chi connectivity index (χ2n) is 5.51. The van der Waals surface area contributed by atoms with Crippen molar-refractivity contribution in [2.75, 3.05) is 7.11 Å². The highest BCUT2D eigenvalue weighted by Crippen LogP contribution is 2.30. The standard InChI is InChI=1S/C18H17BrN2O3S2/c1-12-16(25-18(21-12)13-6-4-3-5-7-13)11-20-26(22,23)17-10-14(19)8-9-15(17)24-2/h3-10,20H,11H2,1-2H3. The van der Waals surface area contributed by atoms with Crippen LogP contribution in [0.25, 0.3) is 10.6 Å². The number of hydrogen-bond acceptors (Lipinski definition) is 5. The quantitative estimate of drug-likeness (QED) is 0.602. The SMILES string of the molecule is COc1ccc(Br)cc1S(=O)(=O)NCc1sc(-c2ccccc2)nc1C. The minimum atomic E-state index is -3.72. The molecule has 8 heteroatoms. The Morgan fingerprint density at radius 3 is 2.62 bits per heavy atom. The normalized spacial score (nSPS) is 11.5. The number of aryl methyl sites for hydroxylation is 1. The molecule has 0 fully saturated rings. The molecule has 136 valence electrons. The highest BCUT2D eigenvalue weighted by molar-refractivity contribution is 9.10. The molecule has 26 heavy (non-hydrogen) atoms. The Kier molecular flexibility index (Phi) is 5.76. The fraction of sp³-hybridized carbons (Fsp3) is 0.167. The van der Waals surface area contributed by atoms with E-state index < -0.39 is 10.0 Å². The minimum Gasteiger partial charge on any atom is -0.495 e. The lowest BCUT2D eigenvalue weighted by atomic mass is 10.2. The summed E-state index contributed by atoms with van der Waals surface area (Å²) in [7, 11) is -2.28. The number of benzene rings is 2. The zero-order chi connectivity index (χ0) is 18.7. The molecule has 3 rings (SSSR count). The Hall–Kier alpha value is -1.74. The summed E-state index contributed by atoms with van der Waals surface area (Å²) in [6, 6.07) is 14.7. The molecule has 0 atom stereocenters. The molecule has 0 saturated carbocycles. The van der Waals surface area contributed by atoms with Gasteiger partial charge in [-0.2, -0.15) is 0 Å². The van der Waals surface area contributed by atoms with Crippen LogP contribution in [-0.2, 0) is 16.6 Å². The second-order valence-corrected chi connectivity index (χ2v) is 9.25. The summed E-state index contributed by atoms with van der Waals surface area (Å²) in [5.74, 6) is 0.298.